The van der Waals surface area contributed by atoms with Crippen LogP contribution in [0.2, 0.25) is 0 Å². The van der Waals surface area contributed by atoms with Crippen LogP contribution in [-0.2, 0) is 14.4 Å². The van der Waals surface area contributed by atoms with E-state index in [0.29, 0.717) is 11.3 Å². The summed E-state index contributed by atoms with van der Waals surface area (Å²) in [5.74, 6) is -2.62. The molecule has 0 aromatic heterocycles. The average Bonchev–Trinajstić information content (AvgIpc) is 2.63. The summed E-state index contributed by atoms with van der Waals surface area (Å²) in [6.45, 7) is 3.34. The minimum atomic E-state index is -1.11. The predicted octanol–water partition coefficient (Wildman–Crippen LogP) is 1.86. The summed E-state index contributed by atoms with van der Waals surface area (Å²) < 4.78 is 5.12. The first-order valence-corrected chi connectivity index (χ1v) is 8.02. The number of hydrogen-bond acceptors (Lipinski definition) is 5. The van der Waals surface area contributed by atoms with Gasteiger partial charge in [0.25, 0.3) is 0 Å². The van der Waals surface area contributed by atoms with Crippen LogP contribution in [0, 0.1) is 13.8 Å². The number of aliphatic carboxylic acids is 1. The van der Waals surface area contributed by atoms with Gasteiger partial charge >= 0.3 is 17.8 Å². The fraction of sp³-hybridized carbons (Fsp3) is 0.158. The number of carboxylic acids is 1. The molecule has 2 aromatic rings. The number of benzene rings is 2. The molecule has 0 aliphatic heterocycles. The maximum absolute atomic E-state index is 11.9. The molecule has 0 atom stereocenters. The minimum absolute atomic E-state index is 0.289. The number of nitrogens with one attached hydrogen (secondary N) is 2. The number of nitrogens with zero attached hydrogens (tertiary/aromatic N) is 1. The van der Waals surface area contributed by atoms with E-state index in [0.717, 1.165) is 11.1 Å². The molecule has 0 spiro atoms. The van der Waals surface area contributed by atoms with Gasteiger partial charge in [-0.2, -0.15) is 5.10 Å². The molecule has 0 bridgehead atoms. The molecule has 0 saturated carbocycles. The molecule has 140 valence electrons. The summed E-state index contributed by atoms with van der Waals surface area (Å²) in [5.41, 5.74) is 5.14. The summed E-state index contributed by atoms with van der Waals surface area (Å²) in [7, 11) is 0. The van der Waals surface area contributed by atoms with Crippen LogP contribution in [0.1, 0.15) is 16.7 Å². The number of rotatable bonds is 6. The summed E-state index contributed by atoms with van der Waals surface area (Å²) in [6, 6.07) is 11.9. The van der Waals surface area contributed by atoms with E-state index in [-0.39, 0.29) is 5.75 Å². The predicted molar refractivity (Wildman–Crippen MR) is 99.9 cm³/mol. The van der Waals surface area contributed by atoms with Crippen LogP contribution in [0.3, 0.4) is 0 Å². The number of carbonyl (C=O) groups excluding carboxylic acids is 2. The first-order valence-electron chi connectivity index (χ1n) is 8.02. The molecule has 0 saturated heterocycles. The molecule has 8 nitrogen and oxygen atoms in total. The molecular weight excluding hydrogens is 350 g/mol. The SMILES string of the molecule is Cc1ccc(NC(=O)C(=O)N/N=C/c2ccccc2OCC(=O)O)cc1C. The largest absolute Gasteiger partial charge is 0.481 e. The lowest BCUT2D eigenvalue weighted by molar-refractivity contribution is -0.139. The quantitative estimate of drug-likeness (QED) is 0.408. The second-order valence-corrected chi connectivity index (χ2v) is 5.67. The molecule has 0 unspecified atom stereocenters. The van der Waals surface area contributed by atoms with Gasteiger partial charge < -0.3 is 15.2 Å². The summed E-state index contributed by atoms with van der Waals surface area (Å²) in [5, 5.41) is 14.9. The molecule has 0 radical (unpaired) electrons. The van der Waals surface area contributed by atoms with Crippen LogP contribution >= 0.6 is 0 Å². The molecule has 3 N–H and O–H groups in total. The Morgan fingerprint density at radius 1 is 1.07 bits per heavy atom. The molecule has 0 fully saturated rings. The van der Waals surface area contributed by atoms with Gasteiger partial charge in [-0.25, -0.2) is 10.2 Å². The van der Waals surface area contributed by atoms with Crippen LogP contribution in [0.25, 0.3) is 0 Å². The number of aryl methyl sites for hydroxylation is 2. The zero-order valence-electron chi connectivity index (χ0n) is 14.9. The number of para-hydroxylation sites is 1. The van der Waals surface area contributed by atoms with Crippen molar-refractivity contribution in [3.63, 3.8) is 0 Å². The van der Waals surface area contributed by atoms with E-state index in [4.69, 9.17) is 9.84 Å². The van der Waals surface area contributed by atoms with Crippen molar-refractivity contribution in [1.82, 2.24) is 5.43 Å². The van der Waals surface area contributed by atoms with Crippen molar-refractivity contribution in [1.29, 1.82) is 0 Å². The number of carboxylic acid groups (broad SMARTS) is 1. The van der Waals surface area contributed by atoms with Crippen LogP contribution in [0.4, 0.5) is 5.69 Å². The number of hydrazone groups is 1. The molecule has 2 rings (SSSR count). The lowest BCUT2D eigenvalue weighted by atomic mass is 10.1. The third kappa shape index (κ3) is 5.96. The van der Waals surface area contributed by atoms with Crippen LogP contribution < -0.4 is 15.5 Å². The van der Waals surface area contributed by atoms with Crippen LogP contribution in [-0.4, -0.2) is 35.7 Å². The van der Waals surface area contributed by atoms with Crippen molar-refractivity contribution in [2.24, 2.45) is 5.10 Å². The van der Waals surface area contributed by atoms with E-state index in [1.165, 1.54) is 6.21 Å². The fourth-order valence-electron chi connectivity index (χ4n) is 2.08. The van der Waals surface area contributed by atoms with E-state index in [1.807, 2.05) is 19.9 Å². The minimum Gasteiger partial charge on any atom is -0.481 e. The number of carbonyl (C=O) groups is 3. The average molecular weight is 369 g/mol. The van der Waals surface area contributed by atoms with Gasteiger partial charge in [0.2, 0.25) is 0 Å². The second kappa shape index (κ2) is 9.14. The lowest BCUT2D eigenvalue weighted by Gasteiger charge is -2.07. The van der Waals surface area contributed by atoms with Gasteiger partial charge in [0.1, 0.15) is 5.75 Å². The highest BCUT2D eigenvalue weighted by Crippen LogP contribution is 2.16. The third-order valence-corrected chi connectivity index (χ3v) is 3.61. The molecular formula is C19H19N3O5. The highest BCUT2D eigenvalue weighted by molar-refractivity contribution is 6.39. The van der Waals surface area contributed by atoms with Crippen molar-refractivity contribution < 1.29 is 24.2 Å². The Morgan fingerprint density at radius 3 is 2.52 bits per heavy atom. The Hall–Kier alpha value is -3.68. The normalized spacial score (nSPS) is 10.4. The van der Waals surface area contributed by atoms with Gasteiger partial charge in [0.05, 0.1) is 6.21 Å². The first-order chi connectivity index (χ1) is 12.9. The van der Waals surface area contributed by atoms with E-state index in [2.05, 4.69) is 15.8 Å². The second-order valence-electron chi connectivity index (χ2n) is 5.67. The van der Waals surface area contributed by atoms with Gasteiger partial charge in [-0.05, 0) is 49.2 Å². The molecule has 2 aromatic carbocycles. The van der Waals surface area contributed by atoms with Gasteiger partial charge in [-0.15, -0.1) is 0 Å². The van der Waals surface area contributed by atoms with Crippen molar-refractivity contribution >= 4 is 29.7 Å². The monoisotopic (exact) mass is 369 g/mol. The highest BCUT2D eigenvalue weighted by atomic mass is 16.5. The first kappa shape index (κ1) is 19.6. The number of hydrogen-bond donors (Lipinski definition) is 3. The van der Waals surface area contributed by atoms with E-state index >= 15 is 0 Å². The maximum Gasteiger partial charge on any atom is 0.341 e. The molecule has 0 aliphatic carbocycles. The maximum atomic E-state index is 11.9. The molecule has 8 heteroatoms. The molecule has 0 aliphatic rings. The van der Waals surface area contributed by atoms with Crippen molar-refractivity contribution in [2.45, 2.75) is 13.8 Å². The molecule has 2 amide bonds. The number of anilines is 1. The zero-order chi connectivity index (χ0) is 19.8. The topological polar surface area (TPSA) is 117 Å². The molecule has 27 heavy (non-hydrogen) atoms. The van der Waals surface area contributed by atoms with Crippen molar-refractivity contribution in [3.8, 4) is 5.75 Å². The lowest BCUT2D eigenvalue weighted by Crippen LogP contribution is -2.32. The highest BCUT2D eigenvalue weighted by Gasteiger charge is 2.13. The van der Waals surface area contributed by atoms with Crippen molar-refractivity contribution in [3.05, 3.63) is 59.2 Å². The van der Waals surface area contributed by atoms with E-state index < -0.39 is 24.4 Å². The van der Waals surface area contributed by atoms with Gasteiger partial charge in [-0.3, -0.25) is 9.59 Å². The van der Waals surface area contributed by atoms with E-state index in [1.54, 1.807) is 36.4 Å². The smallest absolute Gasteiger partial charge is 0.341 e. The Morgan fingerprint density at radius 2 is 1.81 bits per heavy atom. The van der Waals surface area contributed by atoms with Gasteiger partial charge in [0.15, 0.2) is 6.61 Å². The summed E-state index contributed by atoms with van der Waals surface area (Å²) >= 11 is 0. The number of amides is 2. The Kier molecular flexibility index (Phi) is 6.65. The van der Waals surface area contributed by atoms with Gasteiger partial charge in [0, 0.05) is 11.3 Å². The van der Waals surface area contributed by atoms with Crippen molar-refractivity contribution in [2.75, 3.05) is 11.9 Å². The third-order valence-electron chi connectivity index (χ3n) is 3.61. The number of ether oxygens (including phenoxy) is 1. The van der Waals surface area contributed by atoms with Crippen LogP contribution in [0.5, 0.6) is 5.75 Å². The van der Waals surface area contributed by atoms with Gasteiger partial charge in [-0.1, -0.05) is 18.2 Å². The summed E-state index contributed by atoms with van der Waals surface area (Å²) in [4.78, 5) is 34.3. The Balaban J connectivity index is 1.95. The Labute approximate surface area is 155 Å². The molecule has 0 heterocycles. The van der Waals surface area contributed by atoms with E-state index in [9.17, 15) is 14.4 Å². The Bertz CT molecular complexity index is 893. The standard InChI is InChI=1S/C19H19N3O5/c1-12-7-8-15(9-13(12)2)21-18(25)19(26)22-20-10-14-5-3-4-6-16(14)27-11-17(23)24/h3-10H,11H2,1-2H3,(H,21,25)(H,22,26)(H,23,24)/b20-10+. The fourth-order valence-corrected chi connectivity index (χ4v) is 2.08. The zero-order valence-corrected chi connectivity index (χ0v) is 14.9. The van der Waals surface area contributed by atoms with Crippen LogP contribution in [0.15, 0.2) is 47.6 Å². The summed E-state index contributed by atoms with van der Waals surface area (Å²) in [6.07, 6.45) is 1.26.